The van der Waals surface area contributed by atoms with Crippen LogP contribution >= 0.6 is 11.3 Å². The molecule has 2 unspecified atom stereocenters. The second-order valence-corrected chi connectivity index (χ2v) is 7.14. The number of benzene rings is 1. The topological polar surface area (TPSA) is 52.6 Å². The van der Waals surface area contributed by atoms with Crippen molar-refractivity contribution in [1.82, 2.24) is 4.90 Å². The predicted molar refractivity (Wildman–Crippen MR) is 94.9 cm³/mol. The summed E-state index contributed by atoms with van der Waals surface area (Å²) in [6.45, 7) is 5.20. The molecule has 23 heavy (non-hydrogen) atoms. The minimum Gasteiger partial charge on any atom is -0.391 e. The molecule has 0 saturated carbocycles. The monoisotopic (exact) mass is 330 g/mol. The van der Waals surface area contributed by atoms with Crippen LogP contribution < -0.4 is 5.32 Å². The van der Waals surface area contributed by atoms with E-state index in [4.69, 9.17) is 0 Å². The SMILES string of the molecule is Cc1ccsc1-c1cccc(NC(=O)N2CCC(C)C(O)C2)c1. The van der Waals surface area contributed by atoms with Gasteiger partial charge in [0.1, 0.15) is 0 Å². The molecule has 3 rings (SSSR count). The number of carbonyl (C=O) groups excluding carboxylic acids is 1. The Morgan fingerprint density at radius 3 is 2.91 bits per heavy atom. The van der Waals surface area contributed by atoms with Gasteiger partial charge in [-0.15, -0.1) is 11.3 Å². The lowest BCUT2D eigenvalue weighted by molar-refractivity contribution is 0.0464. The molecule has 122 valence electrons. The zero-order valence-electron chi connectivity index (χ0n) is 13.5. The van der Waals surface area contributed by atoms with Crippen LogP contribution in [0, 0.1) is 12.8 Å². The average molecular weight is 330 g/mol. The van der Waals surface area contributed by atoms with E-state index in [1.807, 2.05) is 25.1 Å². The Morgan fingerprint density at radius 2 is 2.22 bits per heavy atom. The van der Waals surface area contributed by atoms with Crippen molar-refractivity contribution in [2.75, 3.05) is 18.4 Å². The Morgan fingerprint density at radius 1 is 1.39 bits per heavy atom. The molecular weight excluding hydrogens is 308 g/mol. The minimum atomic E-state index is -0.436. The molecule has 0 radical (unpaired) electrons. The number of hydrogen-bond donors (Lipinski definition) is 2. The number of urea groups is 1. The number of thiophene rings is 1. The normalized spacial score (nSPS) is 21.3. The van der Waals surface area contributed by atoms with E-state index in [-0.39, 0.29) is 11.9 Å². The number of amides is 2. The molecule has 5 heteroatoms. The molecule has 2 heterocycles. The summed E-state index contributed by atoms with van der Waals surface area (Å²) >= 11 is 1.70. The second-order valence-electron chi connectivity index (χ2n) is 6.22. The molecule has 1 aromatic carbocycles. The highest BCUT2D eigenvalue weighted by atomic mass is 32.1. The number of likely N-dealkylation sites (tertiary alicyclic amines) is 1. The number of hydrogen-bond acceptors (Lipinski definition) is 3. The van der Waals surface area contributed by atoms with E-state index >= 15 is 0 Å². The lowest BCUT2D eigenvalue weighted by Crippen LogP contribution is -2.47. The molecule has 1 saturated heterocycles. The van der Waals surface area contributed by atoms with Gasteiger partial charge in [-0.25, -0.2) is 4.79 Å². The molecule has 0 spiro atoms. The number of piperidine rings is 1. The van der Waals surface area contributed by atoms with Crippen LogP contribution in [0.5, 0.6) is 0 Å². The summed E-state index contributed by atoms with van der Waals surface area (Å²) in [6, 6.07) is 9.86. The van der Waals surface area contributed by atoms with Crippen LogP contribution in [0.1, 0.15) is 18.9 Å². The molecule has 0 bridgehead atoms. The molecule has 1 aromatic heterocycles. The maximum Gasteiger partial charge on any atom is 0.321 e. The Labute approximate surface area is 140 Å². The largest absolute Gasteiger partial charge is 0.391 e. The number of anilines is 1. The summed E-state index contributed by atoms with van der Waals surface area (Å²) in [6.07, 6.45) is 0.401. The van der Waals surface area contributed by atoms with Crippen molar-refractivity contribution in [3.63, 3.8) is 0 Å². The Hall–Kier alpha value is -1.85. The van der Waals surface area contributed by atoms with Crippen molar-refractivity contribution in [3.8, 4) is 10.4 Å². The standard InChI is InChI=1S/C18H22N2O2S/c1-12-6-8-20(11-16(12)21)18(22)19-15-5-3-4-14(10-15)17-13(2)7-9-23-17/h3-5,7,9-10,12,16,21H,6,8,11H2,1-2H3,(H,19,22). The molecule has 2 amide bonds. The smallest absolute Gasteiger partial charge is 0.321 e. The summed E-state index contributed by atoms with van der Waals surface area (Å²) in [4.78, 5) is 15.3. The van der Waals surface area contributed by atoms with Crippen LogP contribution in [-0.2, 0) is 0 Å². The summed E-state index contributed by atoms with van der Waals surface area (Å²) < 4.78 is 0. The van der Waals surface area contributed by atoms with Crippen molar-refractivity contribution < 1.29 is 9.90 Å². The van der Waals surface area contributed by atoms with Gasteiger partial charge in [-0.2, -0.15) is 0 Å². The minimum absolute atomic E-state index is 0.143. The van der Waals surface area contributed by atoms with Crippen LogP contribution in [-0.4, -0.2) is 35.2 Å². The third-order valence-corrected chi connectivity index (χ3v) is 5.51. The highest BCUT2D eigenvalue weighted by Gasteiger charge is 2.27. The lowest BCUT2D eigenvalue weighted by atomic mass is 9.96. The van der Waals surface area contributed by atoms with Crippen molar-refractivity contribution in [2.45, 2.75) is 26.4 Å². The van der Waals surface area contributed by atoms with Crippen molar-refractivity contribution in [3.05, 3.63) is 41.3 Å². The fraction of sp³-hybridized carbons (Fsp3) is 0.389. The first kappa shape index (κ1) is 16.0. The number of β-amino-alcohol motifs (C(OH)–C–C–N with tert-alkyl or cyclic N) is 1. The van der Waals surface area contributed by atoms with Gasteiger partial charge in [-0.05, 0) is 54.0 Å². The maximum atomic E-state index is 12.4. The van der Waals surface area contributed by atoms with Gasteiger partial charge in [0.25, 0.3) is 0 Å². The Balaban J connectivity index is 1.71. The van der Waals surface area contributed by atoms with Crippen molar-refractivity contribution in [2.24, 2.45) is 5.92 Å². The second kappa shape index (κ2) is 6.72. The quantitative estimate of drug-likeness (QED) is 0.876. The van der Waals surface area contributed by atoms with E-state index in [0.29, 0.717) is 13.1 Å². The van der Waals surface area contributed by atoms with Gasteiger partial charge in [0.15, 0.2) is 0 Å². The van der Waals surface area contributed by atoms with Crippen LogP contribution in [0.15, 0.2) is 35.7 Å². The Kier molecular flexibility index (Phi) is 4.68. The van der Waals surface area contributed by atoms with Gasteiger partial charge in [0, 0.05) is 23.7 Å². The summed E-state index contributed by atoms with van der Waals surface area (Å²) in [5.74, 6) is 0.254. The number of rotatable bonds is 2. The summed E-state index contributed by atoms with van der Waals surface area (Å²) in [5, 5.41) is 15.0. The van der Waals surface area contributed by atoms with Gasteiger partial charge in [0.2, 0.25) is 0 Å². The first-order valence-electron chi connectivity index (χ1n) is 7.93. The van der Waals surface area contributed by atoms with Gasteiger partial charge < -0.3 is 15.3 Å². The van der Waals surface area contributed by atoms with E-state index in [0.717, 1.165) is 17.7 Å². The van der Waals surface area contributed by atoms with Gasteiger partial charge in [0.05, 0.1) is 6.10 Å². The predicted octanol–water partition coefficient (Wildman–Crippen LogP) is 3.96. The Bertz CT molecular complexity index is 698. The van der Waals surface area contributed by atoms with E-state index in [1.54, 1.807) is 16.2 Å². The number of nitrogens with one attached hydrogen (secondary N) is 1. The highest BCUT2D eigenvalue weighted by molar-refractivity contribution is 7.13. The van der Waals surface area contributed by atoms with Crippen LogP contribution in [0.3, 0.4) is 0 Å². The number of aliphatic hydroxyl groups is 1. The highest BCUT2D eigenvalue weighted by Crippen LogP contribution is 2.30. The van der Waals surface area contributed by atoms with E-state index in [2.05, 4.69) is 29.8 Å². The maximum absolute atomic E-state index is 12.4. The van der Waals surface area contributed by atoms with E-state index in [1.165, 1.54) is 10.4 Å². The van der Waals surface area contributed by atoms with Crippen molar-refractivity contribution >= 4 is 23.1 Å². The molecule has 4 nitrogen and oxygen atoms in total. The lowest BCUT2D eigenvalue weighted by Gasteiger charge is -2.34. The fourth-order valence-corrected chi connectivity index (χ4v) is 3.77. The number of nitrogens with zero attached hydrogens (tertiary/aromatic N) is 1. The van der Waals surface area contributed by atoms with Crippen LogP contribution in [0.25, 0.3) is 10.4 Å². The first-order valence-corrected chi connectivity index (χ1v) is 8.81. The van der Waals surface area contributed by atoms with E-state index < -0.39 is 6.10 Å². The third kappa shape index (κ3) is 3.57. The van der Waals surface area contributed by atoms with E-state index in [9.17, 15) is 9.90 Å². The van der Waals surface area contributed by atoms with Gasteiger partial charge in [-0.1, -0.05) is 19.1 Å². The van der Waals surface area contributed by atoms with Gasteiger partial charge in [-0.3, -0.25) is 0 Å². The van der Waals surface area contributed by atoms with Crippen LogP contribution in [0.4, 0.5) is 10.5 Å². The van der Waals surface area contributed by atoms with Crippen LogP contribution in [0.2, 0.25) is 0 Å². The first-order chi connectivity index (χ1) is 11.0. The molecule has 1 aliphatic rings. The molecule has 0 aliphatic carbocycles. The third-order valence-electron chi connectivity index (χ3n) is 4.44. The molecule has 2 N–H and O–H groups in total. The molecule has 1 fully saturated rings. The van der Waals surface area contributed by atoms with Gasteiger partial charge >= 0.3 is 6.03 Å². The number of carbonyl (C=O) groups is 1. The zero-order valence-corrected chi connectivity index (χ0v) is 14.3. The number of aryl methyl sites for hydroxylation is 1. The van der Waals surface area contributed by atoms with Crippen molar-refractivity contribution in [1.29, 1.82) is 0 Å². The molecular formula is C18H22N2O2S. The molecule has 2 aromatic rings. The fourth-order valence-electron chi connectivity index (χ4n) is 2.84. The molecule has 1 aliphatic heterocycles. The summed E-state index contributed by atoms with van der Waals surface area (Å²) in [7, 11) is 0. The summed E-state index contributed by atoms with van der Waals surface area (Å²) in [5.41, 5.74) is 3.14. The zero-order chi connectivity index (χ0) is 16.4. The molecule has 2 atom stereocenters. The number of aliphatic hydroxyl groups excluding tert-OH is 1. The average Bonchev–Trinajstić information content (AvgIpc) is 2.96.